The van der Waals surface area contributed by atoms with E-state index in [2.05, 4.69) is 5.32 Å². The Morgan fingerprint density at radius 2 is 2.15 bits per heavy atom. The Morgan fingerprint density at radius 1 is 1.40 bits per heavy atom. The van der Waals surface area contributed by atoms with Crippen LogP contribution in [0.1, 0.15) is 51.9 Å². The van der Waals surface area contributed by atoms with Crippen molar-refractivity contribution in [1.82, 2.24) is 10.2 Å². The van der Waals surface area contributed by atoms with Crippen molar-refractivity contribution in [2.75, 3.05) is 19.6 Å². The number of aliphatic carboxylic acids is 1. The molecule has 0 radical (unpaired) electrons. The van der Waals surface area contributed by atoms with Crippen molar-refractivity contribution in [2.45, 2.75) is 51.9 Å². The SMILES string of the molecule is CCCC1(C(=O)O)CCN(C(=O)NCCCC2CC2)C1. The molecule has 2 rings (SSSR count). The number of hydrogen-bond donors (Lipinski definition) is 2. The molecular weight excluding hydrogens is 256 g/mol. The van der Waals surface area contributed by atoms with E-state index in [0.717, 1.165) is 18.8 Å². The molecule has 1 unspecified atom stereocenters. The summed E-state index contributed by atoms with van der Waals surface area (Å²) in [5.41, 5.74) is -0.722. The Kier molecular flexibility index (Phi) is 4.89. The van der Waals surface area contributed by atoms with Crippen LogP contribution < -0.4 is 5.32 Å². The zero-order chi connectivity index (χ0) is 14.6. The second kappa shape index (κ2) is 6.46. The van der Waals surface area contributed by atoms with E-state index >= 15 is 0 Å². The van der Waals surface area contributed by atoms with Gasteiger partial charge < -0.3 is 15.3 Å². The van der Waals surface area contributed by atoms with E-state index in [1.807, 2.05) is 6.92 Å². The molecule has 2 aliphatic rings. The van der Waals surface area contributed by atoms with Gasteiger partial charge in [0, 0.05) is 19.6 Å². The molecule has 1 heterocycles. The number of nitrogens with zero attached hydrogens (tertiary/aromatic N) is 1. The summed E-state index contributed by atoms with van der Waals surface area (Å²) in [5, 5.41) is 12.3. The predicted octanol–water partition coefficient (Wildman–Crippen LogP) is 2.46. The molecule has 20 heavy (non-hydrogen) atoms. The van der Waals surface area contributed by atoms with Crippen molar-refractivity contribution in [3.8, 4) is 0 Å². The molecule has 2 amide bonds. The lowest BCUT2D eigenvalue weighted by Crippen LogP contribution is -2.42. The molecule has 1 saturated carbocycles. The summed E-state index contributed by atoms with van der Waals surface area (Å²) >= 11 is 0. The molecule has 5 heteroatoms. The van der Waals surface area contributed by atoms with Gasteiger partial charge in [-0.3, -0.25) is 4.79 Å². The summed E-state index contributed by atoms with van der Waals surface area (Å²) in [4.78, 5) is 25.2. The lowest BCUT2D eigenvalue weighted by Gasteiger charge is -2.24. The van der Waals surface area contributed by atoms with E-state index in [9.17, 15) is 14.7 Å². The van der Waals surface area contributed by atoms with Crippen LogP contribution in [0.15, 0.2) is 0 Å². The molecule has 1 aliphatic heterocycles. The molecule has 2 fully saturated rings. The third-order valence-corrected chi connectivity index (χ3v) is 4.59. The lowest BCUT2D eigenvalue weighted by molar-refractivity contribution is -0.148. The first-order valence-electron chi connectivity index (χ1n) is 7.83. The minimum Gasteiger partial charge on any atom is -0.481 e. The van der Waals surface area contributed by atoms with Crippen molar-refractivity contribution in [3.63, 3.8) is 0 Å². The van der Waals surface area contributed by atoms with Gasteiger partial charge in [-0.15, -0.1) is 0 Å². The number of carbonyl (C=O) groups excluding carboxylic acids is 1. The molecule has 0 aromatic carbocycles. The smallest absolute Gasteiger partial charge is 0.317 e. The Labute approximate surface area is 120 Å². The largest absolute Gasteiger partial charge is 0.481 e. The summed E-state index contributed by atoms with van der Waals surface area (Å²) in [5.74, 6) is 0.131. The third-order valence-electron chi connectivity index (χ3n) is 4.59. The van der Waals surface area contributed by atoms with Gasteiger partial charge in [0.05, 0.1) is 5.41 Å². The van der Waals surface area contributed by atoms with Crippen LogP contribution in [0.25, 0.3) is 0 Å². The van der Waals surface area contributed by atoms with Crippen molar-refractivity contribution in [2.24, 2.45) is 11.3 Å². The number of carboxylic acids is 1. The Hall–Kier alpha value is -1.26. The van der Waals surface area contributed by atoms with Gasteiger partial charge in [0.1, 0.15) is 0 Å². The maximum atomic E-state index is 12.0. The van der Waals surface area contributed by atoms with Gasteiger partial charge in [0.15, 0.2) is 0 Å². The van der Waals surface area contributed by atoms with Gasteiger partial charge in [-0.25, -0.2) is 4.79 Å². The topological polar surface area (TPSA) is 69.6 Å². The lowest BCUT2D eigenvalue weighted by atomic mass is 9.83. The summed E-state index contributed by atoms with van der Waals surface area (Å²) in [6.45, 7) is 3.61. The molecule has 0 spiro atoms. The van der Waals surface area contributed by atoms with E-state index in [4.69, 9.17) is 0 Å². The molecule has 1 saturated heterocycles. The third kappa shape index (κ3) is 3.64. The molecule has 0 aromatic heterocycles. The second-order valence-corrected chi connectivity index (χ2v) is 6.32. The van der Waals surface area contributed by atoms with Crippen LogP contribution in [0.5, 0.6) is 0 Å². The van der Waals surface area contributed by atoms with Crippen molar-refractivity contribution in [3.05, 3.63) is 0 Å². The first-order chi connectivity index (χ1) is 9.57. The number of nitrogens with one attached hydrogen (secondary N) is 1. The first kappa shape index (κ1) is 15.1. The van der Waals surface area contributed by atoms with Gasteiger partial charge in [-0.1, -0.05) is 26.2 Å². The van der Waals surface area contributed by atoms with Gasteiger partial charge >= 0.3 is 12.0 Å². The fraction of sp³-hybridized carbons (Fsp3) is 0.867. The summed E-state index contributed by atoms with van der Waals surface area (Å²) in [6, 6.07) is -0.0972. The van der Waals surface area contributed by atoms with Crippen molar-refractivity contribution >= 4 is 12.0 Å². The van der Waals surface area contributed by atoms with Crippen LogP contribution in [0.4, 0.5) is 4.79 Å². The van der Waals surface area contributed by atoms with Crippen LogP contribution in [0.2, 0.25) is 0 Å². The van der Waals surface area contributed by atoms with E-state index in [0.29, 0.717) is 32.5 Å². The summed E-state index contributed by atoms with van der Waals surface area (Å²) < 4.78 is 0. The second-order valence-electron chi connectivity index (χ2n) is 6.32. The fourth-order valence-electron chi connectivity index (χ4n) is 3.11. The molecule has 0 bridgehead atoms. The van der Waals surface area contributed by atoms with E-state index in [-0.39, 0.29) is 6.03 Å². The quantitative estimate of drug-likeness (QED) is 0.705. The molecular formula is C15H26N2O3. The van der Waals surface area contributed by atoms with Crippen LogP contribution in [0.3, 0.4) is 0 Å². The van der Waals surface area contributed by atoms with Gasteiger partial charge in [0.2, 0.25) is 0 Å². The van der Waals surface area contributed by atoms with Gasteiger partial charge in [-0.2, -0.15) is 0 Å². The first-order valence-corrected chi connectivity index (χ1v) is 7.83. The molecule has 0 aromatic rings. The zero-order valence-electron chi connectivity index (χ0n) is 12.4. The number of amides is 2. The number of carbonyl (C=O) groups is 2. The van der Waals surface area contributed by atoms with Crippen LogP contribution in [-0.2, 0) is 4.79 Å². The van der Waals surface area contributed by atoms with Gasteiger partial charge in [-0.05, 0) is 31.6 Å². The maximum Gasteiger partial charge on any atom is 0.317 e. The summed E-state index contributed by atoms with van der Waals surface area (Å²) in [6.07, 6.45) is 6.98. The summed E-state index contributed by atoms with van der Waals surface area (Å²) in [7, 11) is 0. The van der Waals surface area contributed by atoms with Crippen molar-refractivity contribution < 1.29 is 14.7 Å². The Bertz CT molecular complexity index is 368. The standard InChI is InChI=1S/C15H26N2O3/c1-2-7-15(13(18)19)8-10-17(11-15)14(20)16-9-3-4-12-5-6-12/h12H,2-11H2,1H3,(H,16,20)(H,18,19). The highest BCUT2D eigenvalue weighted by Gasteiger charge is 2.45. The average Bonchev–Trinajstić information content (AvgIpc) is 3.13. The molecule has 114 valence electrons. The van der Waals surface area contributed by atoms with Crippen LogP contribution in [-0.4, -0.2) is 41.6 Å². The van der Waals surface area contributed by atoms with Crippen LogP contribution >= 0.6 is 0 Å². The molecule has 1 aliphatic carbocycles. The number of carboxylic acid groups (broad SMARTS) is 1. The number of urea groups is 1. The minimum absolute atomic E-state index is 0.0972. The number of hydrogen-bond acceptors (Lipinski definition) is 2. The van der Waals surface area contributed by atoms with E-state index in [1.165, 1.54) is 19.3 Å². The highest BCUT2D eigenvalue weighted by molar-refractivity contribution is 5.79. The number of rotatable bonds is 7. The Morgan fingerprint density at radius 3 is 2.75 bits per heavy atom. The average molecular weight is 282 g/mol. The van der Waals surface area contributed by atoms with Crippen molar-refractivity contribution in [1.29, 1.82) is 0 Å². The highest BCUT2D eigenvalue weighted by atomic mass is 16.4. The predicted molar refractivity (Wildman–Crippen MR) is 76.5 cm³/mol. The van der Waals surface area contributed by atoms with E-state index in [1.54, 1.807) is 4.90 Å². The maximum absolute atomic E-state index is 12.0. The molecule has 5 nitrogen and oxygen atoms in total. The fourth-order valence-corrected chi connectivity index (χ4v) is 3.11. The minimum atomic E-state index is -0.761. The van der Waals surface area contributed by atoms with E-state index < -0.39 is 11.4 Å². The normalized spacial score (nSPS) is 25.8. The zero-order valence-corrected chi connectivity index (χ0v) is 12.4. The van der Waals surface area contributed by atoms with Gasteiger partial charge in [0.25, 0.3) is 0 Å². The highest BCUT2D eigenvalue weighted by Crippen LogP contribution is 2.35. The molecule has 1 atom stereocenters. The number of likely N-dealkylation sites (tertiary alicyclic amines) is 1. The Balaban J connectivity index is 1.74. The molecule has 2 N–H and O–H groups in total. The monoisotopic (exact) mass is 282 g/mol. The van der Waals surface area contributed by atoms with Crippen LogP contribution in [0, 0.1) is 11.3 Å².